The number of rotatable bonds is 6. The molecule has 138 valence electrons. The van der Waals surface area contributed by atoms with Crippen LogP contribution in [0.3, 0.4) is 0 Å². The van der Waals surface area contributed by atoms with E-state index in [1.807, 2.05) is 29.2 Å². The highest BCUT2D eigenvalue weighted by Crippen LogP contribution is 2.22. The quantitative estimate of drug-likeness (QED) is 0.823. The average molecular weight is 354 g/mol. The van der Waals surface area contributed by atoms with E-state index < -0.39 is 0 Å². The van der Waals surface area contributed by atoms with Gasteiger partial charge < -0.3 is 19.9 Å². The molecule has 2 N–H and O–H groups in total. The molecule has 1 heterocycles. The number of quaternary nitrogens is 1. The molecule has 1 aliphatic rings. The summed E-state index contributed by atoms with van der Waals surface area (Å²) >= 11 is 0. The molecule has 5 nitrogen and oxygen atoms in total. The van der Waals surface area contributed by atoms with Crippen molar-refractivity contribution in [1.82, 2.24) is 4.90 Å². The van der Waals surface area contributed by atoms with Crippen molar-refractivity contribution in [2.75, 3.05) is 45.2 Å². The fourth-order valence-corrected chi connectivity index (χ4v) is 3.40. The molecule has 5 heteroatoms. The minimum atomic E-state index is 0.144. The van der Waals surface area contributed by atoms with Crippen molar-refractivity contribution < 1.29 is 14.4 Å². The van der Waals surface area contributed by atoms with E-state index in [-0.39, 0.29) is 5.91 Å². The lowest BCUT2D eigenvalue weighted by atomic mass is 10.1. The first-order chi connectivity index (χ1) is 12.7. The van der Waals surface area contributed by atoms with Crippen LogP contribution in [0.4, 0.5) is 5.69 Å². The zero-order chi connectivity index (χ0) is 18.4. The van der Waals surface area contributed by atoms with Crippen molar-refractivity contribution >= 4 is 11.6 Å². The maximum Gasteiger partial charge on any atom is 0.242 e. The third-order valence-electron chi connectivity index (χ3n) is 5.06. The Morgan fingerprint density at radius 2 is 1.81 bits per heavy atom. The van der Waals surface area contributed by atoms with Crippen molar-refractivity contribution in [2.24, 2.45) is 0 Å². The number of carbonyl (C=O) groups is 1. The number of piperazine rings is 1. The molecule has 0 aliphatic carbocycles. The van der Waals surface area contributed by atoms with Gasteiger partial charge in [0.2, 0.25) is 5.91 Å². The van der Waals surface area contributed by atoms with Crippen molar-refractivity contribution in [1.29, 1.82) is 0 Å². The lowest BCUT2D eigenvalue weighted by molar-refractivity contribution is -0.917. The van der Waals surface area contributed by atoms with Crippen LogP contribution in [0.1, 0.15) is 11.1 Å². The molecule has 0 bridgehead atoms. The third kappa shape index (κ3) is 4.55. The maximum atomic E-state index is 12.5. The summed E-state index contributed by atoms with van der Waals surface area (Å²) in [4.78, 5) is 16.0. The fourth-order valence-electron chi connectivity index (χ4n) is 3.40. The highest BCUT2D eigenvalue weighted by molar-refractivity contribution is 5.81. The number of para-hydroxylation sites is 2. The molecule has 0 atom stereocenters. The van der Waals surface area contributed by atoms with Crippen LogP contribution in [0.25, 0.3) is 0 Å². The Kier molecular flexibility index (Phi) is 6.12. The Bertz CT molecular complexity index is 740. The molecule has 3 rings (SSSR count). The van der Waals surface area contributed by atoms with Gasteiger partial charge in [0.15, 0.2) is 0 Å². The topological polar surface area (TPSA) is 46.0 Å². The van der Waals surface area contributed by atoms with E-state index in [0.29, 0.717) is 6.54 Å². The number of ether oxygens (including phenoxy) is 1. The molecule has 1 amide bonds. The van der Waals surface area contributed by atoms with Gasteiger partial charge in [0.1, 0.15) is 12.3 Å². The fraction of sp³-hybridized carbons (Fsp3) is 0.381. The summed E-state index contributed by atoms with van der Waals surface area (Å²) in [6.07, 6.45) is 0. The van der Waals surface area contributed by atoms with E-state index >= 15 is 0 Å². The molecule has 0 saturated carbocycles. The molecule has 1 aliphatic heterocycles. The maximum absolute atomic E-state index is 12.5. The number of nitrogens with zero attached hydrogens (tertiary/aromatic N) is 1. The van der Waals surface area contributed by atoms with Crippen molar-refractivity contribution in [2.45, 2.75) is 13.5 Å². The summed E-state index contributed by atoms with van der Waals surface area (Å²) in [5.74, 6) is 0.902. The zero-order valence-electron chi connectivity index (χ0n) is 15.6. The van der Waals surface area contributed by atoms with Crippen LogP contribution < -0.4 is 15.0 Å². The first-order valence-corrected chi connectivity index (χ1v) is 9.20. The zero-order valence-corrected chi connectivity index (χ0v) is 15.6. The molecule has 0 spiro atoms. The summed E-state index contributed by atoms with van der Waals surface area (Å²) < 4.78 is 5.31. The molecule has 0 aromatic heterocycles. The number of amides is 1. The van der Waals surface area contributed by atoms with Crippen molar-refractivity contribution in [3.8, 4) is 5.75 Å². The van der Waals surface area contributed by atoms with Gasteiger partial charge in [-0.05, 0) is 24.6 Å². The van der Waals surface area contributed by atoms with Gasteiger partial charge >= 0.3 is 0 Å². The van der Waals surface area contributed by atoms with Crippen molar-refractivity contribution in [3.05, 3.63) is 59.7 Å². The Labute approximate surface area is 155 Å². The molecule has 2 aromatic carbocycles. The van der Waals surface area contributed by atoms with Crippen LogP contribution in [0.15, 0.2) is 48.5 Å². The van der Waals surface area contributed by atoms with Gasteiger partial charge in [-0.15, -0.1) is 0 Å². The Morgan fingerprint density at radius 1 is 1.12 bits per heavy atom. The number of aryl methyl sites for hydroxylation is 1. The Morgan fingerprint density at radius 3 is 2.54 bits per heavy atom. The number of anilines is 1. The summed E-state index contributed by atoms with van der Waals surface area (Å²) in [5, 5.41) is 3.20. The normalized spacial score (nSPS) is 14.9. The Hall–Kier alpha value is -2.53. The first kappa shape index (κ1) is 18.3. The summed E-state index contributed by atoms with van der Waals surface area (Å²) in [6.45, 7) is 7.12. The van der Waals surface area contributed by atoms with Gasteiger partial charge in [0.25, 0.3) is 0 Å². The number of hydrogen-bond donors (Lipinski definition) is 2. The number of carbonyl (C=O) groups excluding carboxylic acids is 1. The van der Waals surface area contributed by atoms with E-state index in [1.54, 1.807) is 12.0 Å². The molecule has 1 fully saturated rings. The molecule has 0 unspecified atom stereocenters. The second-order valence-corrected chi connectivity index (χ2v) is 6.79. The van der Waals surface area contributed by atoms with Crippen LogP contribution in [-0.2, 0) is 11.3 Å². The highest BCUT2D eigenvalue weighted by Gasteiger charge is 2.23. The van der Waals surface area contributed by atoms with Gasteiger partial charge in [0, 0.05) is 5.56 Å². The summed E-state index contributed by atoms with van der Waals surface area (Å²) in [5.41, 5.74) is 3.60. The third-order valence-corrected chi connectivity index (χ3v) is 5.06. The van der Waals surface area contributed by atoms with Crippen LogP contribution in [0.2, 0.25) is 0 Å². The second kappa shape index (κ2) is 8.72. The minimum Gasteiger partial charge on any atom is -0.495 e. The van der Waals surface area contributed by atoms with E-state index in [0.717, 1.165) is 44.2 Å². The van der Waals surface area contributed by atoms with Gasteiger partial charge in [-0.1, -0.05) is 36.4 Å². The lowest BCUT2D eigenvalue weighted by Gasteiger charge is -2.32. The number of hydrogen-bond acceptors (Lipinski definition) is 3. The van der Waals surface area contributed by atoms with Crippen LogP contribution >= 0.6 is 0 Å². The SMILES string of the molecule is COc1ccccc1NCC(=O)N1CC[NH+](Cc2ccccc2C)CC1. The smallest absolute Gasteiger partial charge is 0.242 e. The average Bonchev–Trinajstić information content (AvgIpc) is 2.68. The molecule has 1 saturated heterocycles. The highest BCUT2D eigenvalue weighted by atomic mass is 16.5. The van der Waals surface area contributed by atoms with Gasteiger partial charge in [0.05, 0.1) is 45.5 Å². The van der Waals surface area contributed by atoms with Gasteiger partial charge in [-0.3, -0.25) is 4.79 Å². The number of benzene rings is 2. The van der Waals surface area contributed by atoms with Crippen molar-refractivity contribution in [3.63, 3.8) is 0 Å². The van der Waals surface area contributed by atoms with E-state index in [2.05, 4.69) is 36.5 Å². The van der Waals surface area contributed by atoms with E-state index in [1.165, 1.54) is 11.1 Å². The predicted octanol–water partition coefficient (Wildman–Crippen LogP) is 1.34. The summed E-state index contributed by atoms with van der Waals surface area (Å²) in [7, 11) is 1.64. The lowest BCUT2D eigenvalue weighted by Crippen LogP contribution is -3.13. The minimum absolute atomic E-state index is 0.144. The van der Waals surface area contributed by atoms with Crippen LogP contribution in [0, 0.1) is 6.92 Å². The first-order valence-electron chi connectivity index (χ1n) is 9.20. The van der Waals surface area contributed by atoms with E-state index in [9.17, 15) is 4.79 Å². The van der Waals surface area contributed by atoms with E-state index in [4.69, 9.17) is 4.74 Å². The number of nitrogens with one attached hydrogen (secondary N) is 2. The molecular formula is C21H28N3O2+. The monoisotopic (exact) mass is 354 g/mol. The van der Waals surface area contributed by atoms with Gasteiger partial charge in [-0.25, -0.2) is 0 Å². The van der Waals surface area contributed by atoms with Gasteiger partial charge in [-0.2, -0.15) is 0 Å². The Balaban J connectivity index is 1.47. The van der Waals surface area contributed by atoms with Crippen LogP contribution in [0.5, 0.6) is 5.75 Å². The molecule has 0 radical (unpaired) electrons. The molecule has 2 aromatic rings. The largest absolute Gasteiger partial charge is 0.495 e. The number of methoxy groups -OCH3 is 1. The molecule has 26 heavy (non-hydrogen) atoms. The predicted molar refractivity (Wildman–Crippen MR) is 104 cm³/mol. The summed E-state index contributed by atoms with van der Waals surface area (Å²) in [6, 6.07) is 16.2. The standard InChI is InChI=1S/C21H27N3O2/c1-17-7-3-4-8-18(17)16-23-11-13-24(14-12-23)21(25)15-22-19-9-5-6-10-20(19)26-2/h3-10,22H,11-16H2,1-2H3/p+1. The van der Waals surface area contributed by atoms with Crippen LogP contribution in [-0.4, -0.2) is 50.6 Å². The molecular weight excluding hydrogens is 326 g/mol. The second-order valence-electron chi connectivity index (χ2n) is 6.79.